The number of fused-ring (bicyclic) bond motifs is 1. The van der Waals surface area contributed by atoms with Gasteiger partial charge in [-0.1, -0.05) is 50.6 Å². The van der Waals surface area contributed by atoms with Crippen LogP contribution in [0.2, 0.25) is 5.02 Å². The van der Waals surface area contributed by atoms with Crippen molar-refractivity contribution in [3.8, 4) is 22.6 Å². The summed E-state index contributed by atoms with van der Waals surface area (Å²) in [7, 11) is 1.84. The molecule has 4 aromatic rings. The van der Waals surface area contributed by atoms with Crippen LogP contribution < -0.4 is 0 Å². The van der Waals surface area contributed by atoms with E-state index in [2.05, 4.69) is 35.8 Å². The number of imidazole rings is 1. The molecule has 4 nitrogen and oxygen atoms in total. The third-order valence-corrected chi connectivity index (χ3v) is 5.59. The topological polar surface area (TPSA) is 46.5 Å². The molecule has 31 heavy (non-hydrogen) atoms. The van der Waals surface area contributed by atoms with Gasteiger partial charge in [0.1, 0.15) is 11.2 Å². The van der Waals surface area contributed by atoms with Crippen LogP contribution in [0.3, 0.4) is 0 Å². The van der Waals surface area contributed by atoms with Crippen LogP contribution >= 0.6 is 11.6 Å². The Bertz CT molecular complexity index is 1290. The minimum atomic E-state index is -4.47. The Balaban J connectivity index is 1.89. The number of nitrogens with zero attached hydrogens (tertiary/aromatic N) is 3. The number of aromatic nitrogens is 4. The molecule has 0 radical (unpaired) electrons. The maximum Gasteiger partial charge on any atom is 0.417 e. The summed E-state index contributed by atoms with van der Waals surface area (Å²) in [5.41, 5.74) is 3.42. The van der Waals surface area contributed by atoms with E-state index in [0.29, 0.717) is 22.4 Å². The van der Waals surface area contributed by atoms with Crippen molar-refractivity contribution in [1.29, 1.82) is 0 Å². The monoisotopic (exact) mass is 446 g/mol. The fourth-order valence-electron chi connectivity index (χ4n) is 4.00. The summed E-state index contributed by atoms with van der Waals surface area (Å²) in [4.78, 5) is 7.86. The van der Waals surface area contributed by atoms with Crippen molar-refractivity contribution in [2.75, 3.05) is 0 Å². The van der Waals surface area contributed by atoms with Crippen molar-refractivity contribution >= 4 is 22.6 Å². The number of benzene rings is 2. The maximum atomic E-state index is 13.5. The molecule has 0 unspecified atom stereocenters. The van der Waals surface area contributed by atoms with Crippen LogP contribution in [-0.2, 0) is 18.6 Å². The maximum absolute atomic E-state index is 13.5. The summed E-state index contributed by atoms with van der Waals surface area (Å²) in [5.74, 6) is 0.571. The Kier molecular flexibility index (Phi) is 4.92. The standard InChI is InChI=1S/C23H22ClF3N4/c1-12-19(31(5)30-20(12)22(2,3)4)21-28-17-11-13(10-16(24)18(17)29-21)14-8-6-7-9-15(14)23(25,26)27/h6-11H,1-5H3,(H,28,29). The highest BCUT2D eigenvalue weighted by molar-refractivity contribution is 6.35. The van der Waals surface area contributed by atoms with Gasteiger partial charge in [-0.05, 0) is 36.2 Å². The molecule has 0 saturated carbocycles. The minimum Gasteiger partial charge on any atom is -0.337 e. The van der Waals surface area contributed by atoms with E-state index in [1.165, 1.54) is 18.2 Å². The first-order valence-corrected chi connectivity index (χ1v) is 10.2. The van der Waals surface area contributed by atoms with Crippen LogP contribution in [0.1, 0.15) is 37.6 Å². The Labute approximate surface area is 183 Å². The van der Waals surface area contributed by atoms with Crippen molar-refractivity contribution < 1.29 is 13.2 Å². The zero-order valence-electron chi connectivity index (χ0n) is 17.8. The van der Waals surface area contributed by atoms with E-state index < -0.39 is 11.7 Å². The number of hydrogen-bond acceptors (Lipinski definition) is 2. The first kappa shape index (κ1) is 21.4. The first-order chi connectivity index (χ1) is 14.4. The Morgan fingerprint density at radius 2 is 1.74 bits per heavy atom. The molecule has 0 bridgehead atoms. The summed E-state index contributed by atoms with van der Waals surface area (Å²) >= 11 is 6.45. The highest BCUT2D eigenvalue weighted by Crippen LogP contribution is 2.39. The van der Waals surface area contributed by atoms with Gasteiger partial charge < -0.3 is 4.98 Å². The van der Waals surface area contributed by atoms with Crippen molar-refractivity contribution in [2.45, 2.75) is 39.3 Å². The number of rotatable bonds is 2. The van der Waals surface area contributed by atoms with Crippen LogP contribution in [0.5, 0.6) is 0 Å². The number of aryl methyl sites for hydroxylation is 1. The smallest absolute Gasteiger partial charge is 0.337 e. The molecule has 1 N–H and O–H groups in total. The lowest BCUT2D eigenvalue weighted by molar-refractivity contribution is -0.137. The SMILES string of the molecule is Cc1c(C(C)(C)C)nn(C)c1-c1nc2c(Cl)cc(-c3ccccc3C(F)(F)F)cc2[nH]1. The molecule has 0 aliphatic heterocycles. The van der Waals surface area contributed by atoms with Gasteiger partial charge in [0.2, 0.25) is 0 Å². The molecule has 0 amide bonds. The second-order valence-electron chi connectivity index (χ2n) is 8.68. The zero-order chi connectivity index (χ0) is 22.7. The van der Waals surface area contributed by atoms with Crippen LogP contribution in [-0.4, -0.2) is 19.7 Å². The summed E-state index contributed by atoms with van der Waals surface area (Å²) in [6, 6.07) is 8.64. The molecule has 162 valence electrons. The normalized spacial score (nSPS) is 12.7. The van der Waals surface area contributed by atoms with Crippen LogP contribution in [0.4, 0.5) is 13.2 Å². The molecular weight excluding hydrogens is 425 g/mol. The van der Waals surface area contributed by atoms with E-state index in [-0.39, 0.29) is 16.0 Å². The zero-order valence-corrected chi connectivity index (χ0v) is 18.6. The highest BCUT2D eigenvalue weighted by atomic mass is 35.5. The van der Waals surface area contributed by atoms with Crippen molar-refractivity contribution in [2.24, 2.45) is 7.05 Å². The third-order valence-electron chi connectivity index (χ3n) is 5.30. The first-order valence-electron chi connectivity index (χ1n) is 9.78. The van der Waals surface area contributed by atoms with Gasteiger partial charge in [-0.15, -0.1) is 0 Å². The minimum absolute atomic E-state index is 0.0710. The summed E-state index contributed by atoms with van der Waals surface area (Å²) in [6.07, 6.45) is -4.47. The third kappa shape index (κ3) is 3.71. The highest BCUT2D eigenvalue weighted by Gasteiger charge is 2.33. The fraction of sp³-hybridized carbons (Fsp3) is 0.304. The number of nitrogens with one attached hydrogen (secondary N) is 1. The summed E-state index contributed by atoms with van der Waals surface area (Å²) in [6.45, 7) is 8.26. The van der Waals surface area contributed by atoms with E-state index in [9.17, 15) is 13.2 Å². The van der Waals surface area contributed by atoms with Gasteiger partial charge in [-0.25, -0.2) is 4.98 Å². The number of H-pyrrole nitrogens is 1. The predicted molar refractivity (Wildman–Crippen MR) is 117 cm³/mol. The number of aromatic amines is 1. The van der Waals surface area contributed by atoms with E-state index in [0.717, 1.165) is 23.0 Å². The van der Waals surface area contributed by atoms with Crippen LogP contribution in [0.15, 0.2) is 36.4 Å². The van der Waals surface area contributed by atoms with E-state index in [1.807, 2.05) is 14.0 Å². The molecule has 4 rings (SSSR count). The van der Waals surface area contributed by atoms with Gasteiger partial charge in [0.25, 0.3) is 0 Å². The lowest BCUT2D eigenvalue weighted by atomic mass is 9.89. The number of alkyl halides is 3. The summed E-state index contributed by atoms with van der Waals surface area (Å²) in [5, 5.41) is 4.93. The Morgan fingerprint density at radius 1 is 1.06 bits per heavy atom. The quantitative estimate of drug-likeness (QED) is 0.363. The molecule has 0 spiro atoms. The van der Waals surface area contributed by atoms with E-state index >= 15 is 0 Å². The lowest BCUT2D eigenvalue weighted by Gasteiger charge is -2.16. The molecule has 2 aromatic carbocycles. The van der Waals surface area contributed by atoms with E-state index in [4.69, 9.17) is 11.6 Å². The molecule has 2 heterocycles. The van der Waals surface area contributed by atoms with Gasteiger partial charge >= 0.3 is 6.18 Å². The second kappa shape index (κ2) is 7.12. The van der Waals surface area contributed by atoms with Gasteiger partial charge in [-0.3, -0.25) is 4.68 Å². The molecule has 0 atom stereocenters. The molecule has 0 aliphatic rings. The van der Waals surface area contributed by atoms with Crippen molar-refractivity contribution in [3.05, 3.63) is 58.2 Å². The molecular formula is C23H22ClF3N4. The van der Waals surface area contributed by atoms with E-state index in [1.54, 1.807) is 16.8 Å². The van der Waals surface area contributed by atoms with Gasteiger partial charge in [0.15, 0.2) is 5.82 Å². The lowest BCUT2D eigenvalue weighted by Crippen LogP contribution is -2.13. The van der Waals surface area contributed by atoms with Gasteiger partial charge in [0.05, 0.1) is 21.8 Å². The average Bonchev–Trinajstić information content (AvgIpc) is 3.21. The molecule has 0 fully saturated rings. The Hall–Kier alpha value is -2.80. The molecule has 8 heteroatoms. The molecule has 0 saturated heterocycles. The van der Waals surface area contributed by atoms with Crippen molar-refractivity contribution in [1.82, 2.24) is 19.7 Å². The molecule has 2 aromatic heterocycles. The second-order valence-corrected chi connectivity index (χ2v) is 9.09. The van der Waals surface area contributed by atoms with Crippen LogP contribution in [0, 0.1) is 6.92 Å². The van der Waals surface area contributed by atoms with Gasteiger partial charge in [-0.2, -0.15) is 18.3 Å². The predicted octanol–water partition coefficient (Wildman–Crippen LogP) is 6.91. The average molecular weight is 447 g/mol. The van der Waals surface area contributed by atoms with Gasteiger partial charge in [0, 0.05) is 18.0 Å². The molecule has 0 aliphatic carbocycles. The number of hydrogen-bond donors (Lipinski definition) is 1. The van der Waals surface area contributed by atoms with Crippen LogP contribution in [0.25, 0.3) is 33.7 Å². The largest absolute Gasteiger partial charge is 0.417 e. The fourth-order valence-corrected chi connectivity index (χ4v) is 4.26. The summed E-state index contributed by atoms with van der Waals surface area (Å²) < 4.78 is 42.3. The Morgan fingerprint density at radius 3 is 2.35 bits per heavy atom. The van der Waals surface area contributed by atoms with Crippen molar-refractivity contribution in [3.63, 3.8) is 0 Å². The number of halogens is 4.